The van der Waals surface area contributed by atoms with Crippen molar-refractivity contribution in [3.8, 4) is 34.4 Å². The Labute approximate surface area is 209 Å². The van der Waals surface area contributed by atoms with Crippen LogP contribution in [0, 0.1) is 11.3 Å². The van der Waals surface area contributed by atoms with Crippen molar-refractivity contribution in [1.29, 1.82) is 5.26 Å². The van der Waals surface area contributed by atoms with Crippen molar-refractivity contribution >= 4 is 11.7 Å². The van der Waals surface area contributed by atoms with Gasteiger partial charge in [-0.3, -0.25) is 9.47 Å². The van der Waals surface area contributed by atoms with E-state index in [0.29, 0.717) is 24.7 Å². The van der Waals surface area contributed by atoms with Gasteiger partial charge in [0.05, 0.1) is 29.1 Å². The molecule has 0 N–H and O–H groups in total. The lowest BCUT2D eigenvalue weighted by atomic mass is 10.1. The van der Waals surface area contributed by atoms with Crippen molar-refractivity contribution in [2.75, 3.05) is 38.1 Å². The van der Waals surface area contributed by atoms with E-state index < -0.39 is 0 Å². The highest BCUT2D eigenvalue weighted by Gasteiger charge is 2.39. The van der Waals surface area contributed by atoms with Crippen LogP contribution in [0.25, 0.3) is 28.3 Å². The Hall–Kier alpha value is -4.35. The topological polar surface area (TPSA) is 73.3 Å². The van der Waals surface area contributed by atoms with Gasteiger partial charge in [0.2, 0.25) is 0 Å². The zero-order chi connectivity index (χ0) is 24.4. The first kappa shape index (κ1) is 21.0. The molecular weight excluding hydrogens is 450 g/mol. The highest BCUT2D eigenvalue weighted by Crippen LogP contribution is 2.36. The van der Waals surface area contributed by atoms with Gasteiger partial charge >= 0.3 is 6.03 Å². The zero-order valence-corrected chi connectivity index (χ0v) is 20.0. The van der Waals surface area contributed by atoms with Crippen LogP contribution in [0.5, 0.6) is 0 Å². The lowest BCUT2D eigenvalue weighted by Gasteiger charge is -2.41. The van der Waals surface area contributed by atoms with Crippen molar-refractivity contribution in [2.24, 2.45) is 0 Å². The number of benzene rings is 2. The van der Waals surface area contributed by atoms with Crippen LogP contribution in [0.3, 0.4) is 0 Å². The maximum absolute atomic E-state index is 13.2. The van der Waals surface area contributed by atoms with Crippen LogP contribution in [0.4, 0.5) is 10.5 Å². The fraction of sp³-hybridized carbons (Fsp3) is 0.250. The van der Waals surface area contributed by atoms with E-state index in [1.807, 2.05) is 46.5 Å². The Bertz CT molecular complexity index is 1530. The smallest absolute Gasteiger partial charge is 0.324 e. The van der Waals surface area contributed by atoms with Crippen LogP contribution in [-0.4, -0.2) is 69.2 Å². The van der Waals surface area contributed by atoms with E-state index in [-0.39, 0.29) is 6.03 Å². The number of likely N-dealkylation sites (N-methyl/N-ethyl adjacent to an activating group) is 1. The molecule has 36 heavy (non-hydrogen) atoms. The summed E-state index contributed by atoms with van der Waals surface area (Å²) in [6, 6.07) is 18.7. The molecule has 0 spiro atoms. The van der Waals surface area contributed by atoms with Crippen molar-refractivity contribution in [1.82, 2.24) is 23.9 Å². The molecule has 7 rings (SSSR count). The number of hydrogen-bond donors (Lipinski definition) is 0. The number of nitrogens with zero attached hydrogens (tertiary/aromatic N) is 7. The number of nitriles is 1. The van der Waals surface area contributed by atoms with Crippen LogP contribution in [0.1, 0.15) is 11.1 Å². The molecule has 4 aromatic rings. The molecule has 2 aromatic heterocycles. The quantitative estimate of drug-likeness (QED) is 0.398. The summed E-state index contributed by atoms with van der Waals surface area (Å²) in [5, 5.41) is 9.13. The van der Waals surface area contributed by atoms with Gasteiger partial charge in [0.15, 0.2) is 5.82 Å². The molecule has 0 unspecified atom stereocenters. The Morgan fingerprint density at radius 1 is 1.03 bits per heavy atom. The second kappa shape index (κ2) is 7.83. The Morgan fingerprint density at radius 2 is 1.86 bits per heavy atom. The molecule has 5 heterocycles. The molecule has 2 fully saturated rings. The van der Waals surface area contributed by atoms with E-state index in [9.17, 15) is 4.79 Å². The highest BCUT2D eigenvalue weighted by molar-refractivity contribution is 5.94. The monoisotopic (exact) mass is 475 g/mol. The maximum atomic E-state index is 13.2. The number of hydrogen-bond acceptors (Lipinski definition) is 4. The van der Waals surface area contributed by atoms with Crippen molar-refractivity contribution in [2.45, 2.75) is 12.6 Å². The predicted octanol–water partition coefficient (Wildman–Crippen LogP) is 3.80. The number of urea groups is 1. The normalized spacial score (nSPS) is 17.3. The van der Waals surface area contributed by atoms with Gasteiger partial charge < -0.3 is 14.4 Å². The molecule has 2 aromatic carbocycles. The second-order valence-corrected chi connectivity index (χ2v) is 9.87. The molecule has 3 aliphatic heterocycles. The molecule has 0 saturated carbocycles. The summed E-state index contributed by atoms with van der Waals surface area (Å²) >= 11 is 0. The molecule has 178 valence electrons. The van der Waals surface area contributed by atoms with Gasteiger partial charge in [-0.25, -0.2) is 9.78 Å². The van der Waals surface area contributed by atoms with Crippen LogP contribution in [-0.2, 0) is 6.54 Å². The van der Waals surface area contributed by atoms with Gasteiger partial charge in [-0.05, 0) is 54.6 Å². The summed E-state index contributed by atoms with van der Waals surface area (Å²) in [6.07, 6.45) is 5.97. The average Bonchev–Trinajstić information content (AvgIpc) is 3.59. The van der Waals surface area contributed by atoms with E-state index in [0.717, 1.165) is 59.2 Å². The molecule has 0 atom stereocenters. The number of carbonyl (C=O) groups is 1. The maximum Gasteiger partial charge on any atom is 0.324 e. The number of imidazole rings is 1. The summed E-state index contributed by atoms with van der Waals surface area (Å²) in [5.74, 6) is 0.888. The van der Waals surface area contributed by atoms with E-state index in [2.05, 4.69) is 62.6 Å². The SMILES string of the molecule is CN1CC(N2CCN(c3ccc4c(c3)Cn3cc(-c5ccc(C#N)cc5)cc3-c3nccn3-4)C2=O)C1. The molecule has 2 saturated heterocycles. The average molecular weight is 476 g/mol. The third-order valence-corrected chi connectivity index (χ3v) is 7.62. The molecule has 0 aliphatic carbocycles. The summed E-state index contributed by atoms with van der Waals surface area (Å²) in [7, 11) is 2.09. The van der Waals surface area contributed by atoms with Crippen LogP contribution in [0.2, 0.25) is 0 Å². The summed E-state index contributed by atoms with van der Waals surface area (Å²) in [6.45, 7) is 4.06. The predicted molar refractivity (Wildman–Crippen MR) is 137 cm³/mol. The van der Waals surface area contributed by atoms with Gasteiger partial charge in [0.1, 0.15) is 0 Å². The summed E-state index contributed by atoms with van der Waals surface area (Å²) < 4.78 is 4.35. The third-order valence-electron chi connectivity index (χ3n) is 7.62. The fourth-order valence-corrected chi connectivity index (χ4v) is 5.69. The van der Waals surface area contributed by atoms with Gasteiger partial charge in [0.25, 0.3) is 0 Å². The molecule has 0 radical (unpaired) electrons. The number of rotatable bonds is 3. The van der Waals surface area contributed by atoms with Gasteiger partial charge in [-0.2, -0.15) is 5.26 Å². The molecule has 3 aliphatic rings. The van der Waals surface area contributed by atoms with Crippen molar-refractivity contribution < 1.29 is 4.79 Å². The number of aromatic nitrogens is 3. The lowest BCUT2D eigenvalue weighted by molar-refractivity contribution is 0.0871. The van der Waals surface area contributed by atoms with Crippen molar-refractivity contribution in [3.05, 3.63) is 78.2 Å². The first-order valence-electron chi connectivity index (χ1n) is 12.2. The van der Waals surface area contributed by atoms with Crippen LogP contribution < -0.4 is 4.90 Å². The standard InChI is InChI=1S/C28H25N7O/c1-31-17-24(18-31)34-11-10-33(28(34)36)23-6-7-25-22(12-23)16-32-15-21(20-4-2-19(14-29)3-5-20)13-26(32)27-30-8-9-35(25)27/h2-9,12-13,15,24H,10-11,16-18H2,1H3. The fourth-order valence-electron chi connectivity index (χ4n) is 5.69. The van der Waals surface area contributed by atoms with E-state index in [1.54, 1.807) is 0 Å². The Kier molecular flexibility index (Phi) is 4.56. The third kappa shape index (κ3) is 3.17. The summed E-state index contributed by atoms with van der Waals surface area (Å²) in [5.41, 5.74) is 7.00. The number of anilines is 1. The van der Waals surface area contributed by atoms with Crippen molar-refractivity contribution in [3.63, 3.8) is 0 Å². The number of carbonyl (C=O) groups excluding carboxylic acids is 1. The molecule has 8 heteroatoms. The molecular formula is C28H25N7O. The highest BCUT2D eigenvalue weighted by atomic mass is 16.2. The van der Waals surface area contributed by atoms with Gasteiger partial charge in [0, 0.05) is 62.6 Å². The second-order valence-electron chi connectivity index (χ2n) is 9.87. The minimum atomic E-state index is 0.106. The van der Waals surface area contributed by atoms with Crippen LogP contribution >= 0.6 is 0 Å². The van der Waals surface area contributed by atoms with Gasteiger partial charge in [-0.15, -0.1) is 0 Å². The number of likely N-dealkylation sites (tertiary alicyclic amines) is 1. The zero-order valence-electron chi connectivity index (χ0n) is 20.0. The van der Waals surface area contributed by atoms with Crippen LogP contribution in [0.15, 0.2) is 67.1 Å². The Morgan fingerprint density at radius 3 is 2.64 bits per heavy atom. The largest absolute Gasteiger partial charge is 0.340 e. The minimum absolute atomic E-state index is 0.106. The first-order chi connectivity index (χ1) is 17.6. The molecule has 0 bridgehead atoms. The van der Waals surface area contributed by atoms with Gasteiger partial charge in [-0.1, -0.05) is 12.1 Å². The minimum Gasteiger partial charge on any atom is -0.340 e. The first-order valence-corrected chi connectivity index (χ1v) is 12.2. The number of fused-ring (bicyclic) bond motifs is 5. The van der Waals surface area contributed by atoms with E-state index in [4.69, 9.17) is 5.26 Å². The number of amides is 2. The lowest BCUT2D eigenvalue weighted by Crippen LogP contribution is -2.58. The molecule has 2 amide bonds. The van der Waals surface area contributed by atoms with E-state index >= 15 is 0 Å². The molecule has 8 nitrogen and oxygen atoms in total. The Balaban J connectivity index is 1.24. The summed E-state index contributed by atoms with van der Waals surface area (Å²) in [4.78, 5) is 24.1. The van der Waals surface area contributed by atoms with E-state index in [1.165, 1.54) is 0 Å².